The fourth-order valence-electron chi connectivity index (χ4n) is 1.61. The normalized spacial score (nSPS) is 10.1. The Hall–Kier alpha value is -2.56. The Morgan fingerprint density at radius 2 is 1.55 bits per heavy atom. The number of carbonyl (C=O) groups is 2. The highest BCUT2D eigenvalue weighted by atomic mass is 16.6. The van der Waals surface area contributed by atoms with Crippen LogP contribution in [-0.4, -0.2) is 32.3 Å². The fourth-order valence-corrected chi connectivity index (χ4v) is 1.61. The molecule has 22 heavy (non-hydrogen) atoms. The molecule has 0 atom stereocenters. The average molecular weight is 304 g/mol. The molecule has 1 aromatic carbocycles. The van der Waals surface area contributed by atoms with Gasteiger partial charge in [0.2, 0.25) is 0 Å². The number of carbonyl (C=O) groups excluding carboxylic acids is 2. The van der Waals surface area contributed by atoms with Gasteiger partial charge in [-0.25, -0.2) is 9.59 Å². The molecule has 0 spiro atoms. The van der Waals surface area contributed by atoms with Crippen LogP contribution in [0.3, 0.4) is 0 Å². The van der Waals surface area contributed by atoms with Crippen molar-refractivity contribution in [2.24, 2.45) is 0 Å². The topological polar surface area (TPSA) is 61.8 Å². The van der Waals surface area contributed by atoms with Crippen molar-refractivity contribution in [3.8, 4) is 5.75 Å². The molecule has 0 aliphatic heterocycles. The van der Waals surface area contributed by atoms with E-state index in [0.717, 1.165) is 11.3 Å². The molecule has 5 heteroatoms. The van der Waals surface area contributed by atoms with E-state index in [1.54, 1.807) is 33.1 Å². The molecule has 0 amide bonds. The third-order valence-electron chi connectivity index (χ3n) is 2.66. The van der Waals surface area contributed by atoms with Gasteiger partial charge in [-0.15, -0.1) is 0 Å². The number of allylic oxidation sites excluding steroid dienone is 2. The SMILES string of the molecule is CCOC(=O)C(=C/C=C/c1ccc(OC)cc1)C(=O)OCC. The average Bonchev–Trinajstić information content (AvgIpc) is 2.52. The molecule has 118 valence electrons. The fraction of sp³-hybridized carbons (Fsp3) is 0.294. The number of rotatable bonds is 7. The minimum Gasteiger partial charge on any atom is -0.497 e. The predicted molar refractivity (Wildman–Crippen MR) is 83.4 cm³/mol. The van der Waals surface area contributed by atoms with Crippen molar-refractivity contribution < 1.29 is 23.8 Å². The van der Waals surface area contributed by atoms with Crippen molar-refractivity contribution in [3.05, 3.63) is 47.6 Å². The van der Waals surface area contributed by atoms with Crippen LogP contribution < -0.4 is 4.74 Å². The molecule has 0 saturated carbocycles. The number of ether oxygens (including phenoxy) is 3. The monoisotopic (exact) mass is 304 g/mol. The molecule has 0 bridgehead atoms. The van der Waals surface area contributed by atoms with Crippen molar-refractivity contribution in [1.29, 1.82) is 0 Å². The Morgan fingerprint density at radius 1 is 1.00 bits per heavy atom. The number of benzene rings is 1. The van der Waals surface area contributed by atoms with Crippen LogP contribution >= 0.6 is 0 Å². The number of esters is 2. The molecule has 1 rings (SSSR count). The summed E-state index contributed by atoms with van der Waals surface area (Å²) in [6.07, 6.45) is 4.75. The van der Waals surface area contributed by atoms with Crippen molar-refractivity contribution in [1.82, 2.24) is 0 Å². The molecule has 0 unspecified atom stereocenters. The molecule has 0 saturated heterocycles. The van der Waals surface area contributed by atoms with Gasteiger partial charge in [0.15, 0.2) is 0 Å². The van der Waals surface area contributed by atoms with Gasteiger partial charge >= 0.3 is 11.9 Å². The lowest BCUT2D eigenvalue weighted by molar-refractivity contribution is -0.146. The highest BCUT2D eigenvalue weighted by Crippen LogP contribution is 2.12. The lowest BCUT2D eigenvalue weighted by Gasteiger charge is -2.05. The standard InChI is InChI=1S/C17H20O5/c1-4-21-16(18)15(17(19)22-5-2)8-6-7-13-9-11-14(20-3)12-10-13/h6-12H,4-5H2,1-3H3/b7-6+. The van der Waals surface area contributed by atoms with Crippen LogP contribution in [0, 0.1) is 0 Å². The Kier molecular flexibility index (Phi) is 7.47. The summed E-state index contributed by atoms with van der Waals surface area (Å²) in [5.41, 5.74) is 0.776. The first kappa shape index (κ1) is 17.5. The summed E-state index contributed by atoms with van der Waals surface area (Å²) < 4.78 is 14.8. The third-order valence-corrected chi connectivity index (χ3v) is 2.66. The van der Waals surface area contributed by atoms with Gasteiger partial charge in [-0.05, 0) is 37.6 Å². The molecule has 0 radical (unpaired) electrons. The molecular formula is C17H20O5. The van der Waals surface area contributed by atoms with Crippen LogP contribution in [0.1, 0.15) is 19.4 Å². The molecule has 0 aromatic heterocycles. The first-order valence-corrected chi connectivity index (χ1v) is 6.99. The summed E-state index contributed by atoms with van der Waals surface area (Å²) >= 11 is 0. The maximum Gasteiger partial charge on any atom is 0.345 e. The van der Waals surface area contributed by atoms with E-state index in [9.17, 15) is 9.59 Å². The first-order valence-electron chi connectivity index (χ1n) is 6.99. The van der Waals surface area contributed by atoms with E-state index >= 15 is 0 Å². The largest absolute Gasteiger partial charge is 0.497 e. The van der Waals surface area contributed by atoms with E-state index in [4.69, 9.17) is 14.2 Å². The van der Waals surface area contributed by atoms with E-state index in [1.807, 2.05) is 24.3 Å². The van der Waals surface area contributed by atoms with Crippen molar-refractivity contribution >= 4 is 18.0 Å². The first-order chi connectivity index (χ1) is 10.6. The Morgan fingerprint density at radius 3 is 2.00 bits per heavy atom. The van der Waals surface area contributed by atoms with Gasteiger partial charge in [-0.2, -0.15) is 0 Å². The lowest BCUT2D eigenvalue weighted by atomic mass is 10.2. The Balaban J connectivity index is 2.88. The zero-order chi connectivity index (χ0) is 16.4. The quantitative estimate of drug-likeness (QED) is 0.255. The zero-order valence-corrected chi connectivity index (χ0v) is 13.0. The van der Waals surface area contributed by atoms with Crippen LogP contribution in [-0.2, 0) is 19.1 Å². The summed E-state index contributed by atoms with van der Waals surface area (Å²) in [6.45, 7) is 3.73. The molecular weight excluding hydrogens is 284 g/mol. The molecule has 5 nitrogen and oxygen atoms in total. The maximum absolute atomic E-state index is 11.7. The van der Waals surface area contributed by atoms with E-state index in [-0.39, 0.29) is 18.8 Å². The number of methoxy groups -OCH3 is 1. The van der Waals surface area contributed by atoms with E-state index in [0.29, 0.717) is 0 Å². The van der Waals surface area contributed by atoms with Crippen molar-refractivity contribution in [2.45, 2.75) is 13.8 Å². The minimum atomic E-state index is -0.694. The van der Waals surface area contributed by atoms with Gasteiger partial charge in [0.25, 0.3) is 0 Å². The number of hydrogen-bond acceptors (Lipinski definition) is 5. The summed E-state index contributed by atoms with van der Waals surface area (Å²) in [7, 11) is 1.60. The second-order valence-electron chi connectivity index (χ2n) is 4.15. The predicted octanol–water partition coefficient (Wildman–Crippen LogP) is 2.76. The Labute approximate surface area is 130 Å². The van der Waals surface area contributed by atoms with Crippen LogP contribution in [0.5, 0.6) is 5.75 Å². The van der Waals surface area contributed by atoms with Crippen LogP contribution in [0.2, 0.25) is 0 Å². The van der Waals surface area contributed by atoms with Gasteiger partial charge in [0, 0.05) is 0 Å². The van der Waals surface area contributed by atoms with Crippen molar-refractivity contribution in [3.63, 3.8) is 0 Å². The second kappa shape index (κ2) is 9.39. The maximum atomic E-state index is 11.7. The van der Waals surface area contributed by atoms with Crippen LogP contribution in [0.15, 0.2) is 42.0 Å². The van der Waals surface area contributed by atoms with E-state index in [2.05, 4.69) is 0 Å². The molecule has 0 heterocycles. The Bertz CT molecular complexity index is 535. The molecule has 0 N–H and O–H groups in total. The van der Waals surface area contributed by atoms with Gasteiger partial charge in [0.1, 0.15) is 11.3 Å². The van der Waals surface area contributed by atoms with Crippen LogP contribution in [0.25, 0.3) is 6.08 Å². The van der Waals surface area contributed by atoms with Gasteiger partial charge in [-0.3, -0.25) is 0 Å². The highest BCUT2D eigenvalue weighted by molar-refractivity contribution is 6.14. The van der Waals surface area contributed by atoms with Crippen LogP contribution in [0.4, 0.5) is 0 Å². The van der Waals surface area contributed by atoms with Gasteiger partial charge in [-0.1, -0.05) is 24.3 Å². The van der Waals surface area contributed by atoms with Crippen molar-refractivity contribution in [2.75, 3.05) is 20.3 Å². The summed E-state index contributed by atoms with van der Waals surface area (Å²) in [4.78, 5) is 23.5. The lowest BCUT2D eigenvalue weighted by Crippen LogP contribution is -2.18. The zero-order valence-electron chi connectivity index (χ0n) is 13.0. The van der Waals surface area contributed by atoms with E-state index < -0.39 is 11.9 Å². The summed E-state index contributed by atoms with van der Waals surface area (Å²) in [6, 6.07) is 7.36. The van der Waals surface area contributed by atoms with E-state index in [1.165, 1.54) is 6.08 Å². The van der Waals surface area contributed by atoms with Gasteiger partial charge in [0.05, 0.1) is 20.3 Å². The van der Waals surface area contributed by atoms with Gasteiger partial charge < -0.3 is 14.2 Å². The minimum absolute atomic E-state index is 0.131. The molecule has 1 aromatic rings. The summed E-state index contributed by atoms with van der Waals surface area (Å²) in [5, 5.41) is 0. The number of hydrogen-bond donors (Lipinski definition) is 0. The smallest absolute Gasteiger partial charge is 0.345 e. The third kappa shape index (κ3) is 5.44. The highest BCUT2D eigenvalue weighted by Gasteiger charge is 2.19. The molecule has 0 fully saturated rings. The molecule has 0 aliphatic carbocycles. The second-order valence-corrected chi connectivity index (χ2v) is 4.15. The molecule has 0 aliphatic rings. The summed E-state index contributed by atoms with van der Waals surface area (Å²) in [5.74, 6) is -0.632.